The Balaban J connectivity index is 2.14. The highest BCUT2D eigenvalue weighted by Crippen LogP contribution is 2.37. The summed E-state index contributed by atoms with van der Waals surface area (Å²) >= 11 is 6.33. The molecule has 0 radical (unpaired) electrons. The summed E-state index contributed by atoms with van der Waals surface area (Å²) in [6.45, 7) is 0. The van der Waals surface area contributed by atoms with Crippen molar-refractivity contribution >= 4 is 23.0 Å². The lowest BCUT2D eigenvalue weighted by molar-refractivity contribution is 1.11. The van der Waals surface area contributed by atoms with Crippen molar-refractivity contribution in [2.75, 3.05) is 4.90 Å². The predicted molar refractivity (Wildman–Crippen MR) is 72.7 cm³/mol. The molecule has 3 rings (SSSR count). The van der Waals surface area contributed by atoms with Crippen molar-refractivity contribution in [1.82, 2.24) is 0 Å². The molecule has 0 fully saturated rings. The number of rotatable bonds is 1. The van der Waals surface area contributed by atoms with Gasteiger partial charge in [0.25, 0.3) is 0 Å². The Kier molecular flexibility index (Phi) is 2.62. The summed E-state index contributed by atoms with van der Waals surface area (Å²) in [5.74, 6) is 0. The first-order valence-corrected chi connectivity index (χ1v) is 6.03. The topological polar surface area (TPSA) is 3.24 Å². The highest BCUT2D eigenvalue weighted by Gasteiger charge is 2.19. The molecule has 0 saturated heterocycles. The minimum absolute atomic E-state index is 0.773. The highest BCUT2D eigenvalue weighted by atomic mass is 35.5. The van der Waals surface area contributed by atoms with Gasteiger partial charge in [-0.1, -0.05) is 48.0 Å². The lowest BCUT2D eigenvalue weighted by Gasteiger charge is -2.29. The minimum Gasteiger partial charge on any atom is -0.301 e. The van der Waals surface area contributed by atoms with Crippen LogP contribution in [-0.2, 0) is 6.42 Å². The second kappa shape index (κ2) is 4.27. The van der Waals surface area contributed by atoms with Gasteiger partial charge in [-0.15, -0.1) is 0 Å². The summed E-state index contributed by atoms with van der Waals surface area (Å²) < 4.78 is 0. The van der Waals surface area contributed by atoms with Crippen molar-refractivity contribution in [1.29, 1.82) is 0 Å². The van der Waals surface area contributed by atoms with Crippen molar-refractivity contribution in [3.8, 4) is 0 Å². The zero-order chi connectivity index (χ0) is 11.7. The molecule has 2 aromatic carbocycles. The molecule has 0 unspecified atom stereocenters. The maximum absolute atomic E-state index is 6.33. The maximum Gasteiger partial charge on any atom is 0.110 e. The molecule has 17 heavy (non-hydrogen) atoms. The maximum atomic E-state index is 6.33. The van der Waals surface area contributed by atoms with Crippen LogP contribution in [0.3, 0.4) is 0 Å². The van der Waals surface area contributed by atoms with Gasteiger partial charge in [0, 0.05) is 5.69 Å². The van der Waals surface area contributed by atoms with E-state index in [1.165, 1.54) is 11.3 Å². The van der Waals surface area contributed by atoms with Gasteiger partial charge in [-0.3, -0.25) is 0 Å². The van der Waals surface area contributed by atoms with Crippen molar-refractivity contribution < 1.29 is 0 Å². The molecule has 1 nitrogen and oxygen atoms in total. The van der Waals surface area contributed by atoms with Gasteiger partial charge in [0.2, 0.25) is 0 Å². The van der Waals surface area contributed by atoms with Crippen molar-refractivity contribution in [3.63, 3.8) is 0 Å². The summed E-state index contributed by atoms with van der Waals surface area (Å²) in [6, 6.07) is 18.6. The van der Waals surface area contributed by atoms with E-state index in [9.17, 15) is 0 Å². The normalized spacial score (nSPS) is 14.2. The molecule has 84 valence electrons. The molecule has 0 bridgehead atoms. The average molecular weight is 242 g/mol. The third kappa shape index (κ3) is 1.83. The lowest BCUT2D eigenvalue weighted by Crippen LogP contribution is -2.18. The number of nitrogens with zero attached hydrogens (tertiary/aromatic N) is 1. The SMILES string of the molecule is ClC1=CCc2ccccc2N1c1ccccc1. The van der Waals surface area contributed by atoms with Crippen LogP contribution in [0.25, 0.3) is 0 Å². The summed E-state index contributed by atoms with van der Waals surface area (Å²) in [4.78, 5) is 2.08. The van der Waals surface area contributed by atoms with E-state index in [0.717, 1.165) is 17.3 Å². The smallest absolute Gasteiger partial charge is 0.110 e. The van der Waals surface area contributed by atoms with Crippen LogP contribution in [0, 0.1) is 0 Å². The second-order valence-electron chi connectivity index (χ2n) is 4.03. The second-order valence-corrected chi connectivity index (χ2v) is 4.42. The number of anilines is 2. The van der Waals surface area contributed by atoms with E-state index < -0.39 is 0 Å². The first kappa shape index (κ1) is 10.4. The van der Waals surface area contributed by atoms with Gasteiger partial charge >= 0.3 is 0 Å². The van der Waals surface area contributed by atoms with Gasteiger partial charge in [0.15, 0.2) is 0 Å². The van der Waals surface area contributed by atoms with Crippen LogP contribution in [0.15, 0.2) is 65.8 Å². The Labute approximate surface area is 106 Å². The molecule has 0 aromatic heterocycles. The number of fused-ring (bicyclic) bond motifs is 1. The van der Waals surface area contributed by atoms with E-state index in [2.05, 4.69) is 41.3 Å². The van der Waals surface area contributed by atoms with Gasteiger partial charge in [-0.25, -0.2) is 0 Å². The van der Waals surface area contributed by atoms with Gasteiger partial charge in [0.1, 0.15) is 5.16 Å². The Morgan fingerprint density at radius 1 is 0.882 bits per heavy atom. The fraction of sp³-hybridized carbons (Fsp3) is 0.0667. The Hall–Kier alpha value is -1.73. The zero-order valence-electron chi connectivity index (χ0n) is 9.31. The molecule has 2 heteroatoms. The summed E-state index contributed by atoms with van der Waals surface area (Å²) in [5, 5.41) is 0.773. The molecular formula is C15H12ClN. The molecule has 0 atom stereocenters. The summed E-state index contributed by atoms with van der Waals surface area (Å²) in [7, 11) is 0. The predicted octanol–water partition coefficient (Wildman–Crippen LogP) is 4.46. The van der Waals surface area contributed by atoms with E-state index >= 15 is 0 Å². The Morgan fingerprint density at radius 3 is 2.41 bits per heavy atom. The Morgan fingerprint density at radius 2 is 1.59 bits per heavy atom. The van der Waals surface area contributed by atoms with E-state index in [4.69, 9.17) is 11.6 Å². The number of halogens is 1. The van der Waals surface area contributed by atoms with Gasteiger partial charge in [-0.05, 0) is 36.3 Å². The van der Waals surface area contributed by atoms with Gasteiger partial charge in [0.05, 0.1) is 5.69 Å². The molecule has 1 aliphatic rings. The molecule has 0 aliphatic carbocycles. The molecule has 0 saturated carbocycles. The van der Waals surface area contributed by atoms with Crippen LogP contribution in [0.4, 0.5) is 11.4 Å². The van der Waals surface area contributed by atoms with E-state index in [-0.39, 0.29) is 0 Å². The molecular weight excluding hydrogens is 230 g/mol. The summed E-state index contributed by atoms with van der Waals surface area (Å²) in [5.41, 5.74) is 3.58. The van der Waals surface area contributed by atoms with E-state index in [1.807, 2.05) is 24.3 Å². The third-order valence-corrected chi connectivity index (χ3v) is 3.27. The van der Waals surface area contributed by atoms with Crippen molar-refractivity contribution in [2.24, 2.45) is 0 Å². The van der Waals surface area contributed by atoms with E-state index in [0.29, 0.717) is 0 Å². The first-order valence-electron chi connectivity index (χ1n) is 5.65. The number of benzene rings is 2. The van der Waals surface area contributed by atoms with Crippen molar-refractivity contribution in [3.05, 3.63) is 71.4 Å². The lowest BCUT2D eigenvalue weighted by atomic mass is 10.1. The molecule has 0 spiro atoms. The number of para-hydroxylation sites is 2. The number of hydrogen-bond donors (Lipinski definition) is 0. The van der Waals surface area contributed by atoms with E-state index in [1.54, 1.807) is 0 Å². The Bertz CT molecular complexity index is 560. The third-order valence-electron chi connectivity index (χ3n) is 2.95. The first-order chi connectivity index (χ1) is 8.36. The monoisotopic (exact) mass is 241 g/mol. The zero-order valence-corrected chi connectivity index (χ0v) is 10.1. The summed E-state index contributed by atoms with van der Waals surface area (Å²) in [6.07, 6.45) is 2.95. The quantitative estimate of drug-likeness (QED) is 0.667. The van der Waals surface area contributed by atoms with Crippen molar-refractivity contribution in [2.45, 2.75) is 6.42 Å². The minimum atomic E-state index is 0.773. The van der Waals surface area contributed by atoms with Crippen LogP contribution in [-0.4, -0.2) is 0 Å². The van der Waals surface area contributed by atoms with Crippen LogP contribution < -0.4 is 4.90 Å². The molecule has 2 aromatic rings. The highest BCUT2D eigenvalue weighted by molar-refractivity contribution is 6.32. The van der Waals surface area contributed by atoms with Crippen LogP contribution >= 0.6 is 11.6 Å². The molecule has 1 aliphatic heterocycles. The largest absolute Gasteiger partial charge is 0.301 e. The standard InChI is InChI=1S/C15H12ClN/c16-15-11-10-12-6-4-5-9-14(12)17(15)13-7-2-1-3-8-13/h1-9,11H,10H2. The van der Waals surface area contributed by atoms with Crippen LogP contribution in [0.5, 0.6) is 0 Å². The van der Waals surface area contributed by atoms with Gasteiger partial charge < -0.3 is 4.90 Å². The molecule has 0 amide bonds. The molecule has 0 N–H and O–H groups in total. The number of hydrogen-bond acceptors (Lipinski definition) is 1. The van der Waals surface area contributed by atoms with Crippen LogP contribution in [0.1, 0.15) is 5.56 Å². The number of allylic oxidation sites excluding steroid dienone is 1. The molecule has 1 heterocycles. The fourth-order valence-corrected chi connectivity index (χ4v) is 2.41. The van der Waals surface area contributed by atoms with Crippen LogP contribution in [0.2, 0.25) is 0 Å². The van der Waals surface area contributed by atoms with Gasteiger partial charge in [-0.2, -0.15) is 0 Å². The average Bonchev–Trinajstić information content (AvgIpc) is 2.39. The fourth-order valence-electron chi connectivity index (χ4n) is 2.14.